The molecule has 1 N–H and O–H groups in total. The van der Waals surface area contributed by atoms with Gasteiger partial charge in [0.25, 0.3) is 0 Å². The van der Waals surface area contributed by atoms with Crippen molar-refractivity contribution in [1.29, 1.82) is 0 Å². The molecule has 0 radical (unpaired) electrons. The zero-order chi connectivity index (χ0) is 12.8. The molecule has 0 aromatic rings. The van der Waals surface area contributed by atoms with E-state index in [1.165, 1.54) is 32.5 Å². The van der Waals surface area contributed by atoms with Gasteiger partial charge in [-0.3, -0.25) is 4.90 Å². The zero-order valence-corrected chi connectivity index (χ0v) is 12.4. The molecule has 0 saturated carbocycles. The molecule has 1 heterocycles. The van der Waals surface area contributed by atoms with Crippen LogP contribution in [0.1, 0.15) is 40.5 Å². The second-order valence-corrected chi connectivity index (χ2v) is 5.95. The van der Waals surface area contributed by atoms with E-state index in [9.17, 15) is 0 Å². The number of nitrogens with one attached hydrogen (secondary N) is 1. The minimum Gasteiger partial charge on any atom is -0.315 e. The Hall–Kier alpha value is -0.120. The highest BCUT2D eigenvalue weighted by Gasteiger charge is 2.24. The van der Waals surface area contributed by atoms with Gasteiger partial charge in [0.15, 0.2) is 0 Å². The van der Waals surface area contributed by atoms with Crippen LogP contribution >= 0.6 is 0 Å². The maximum atomic E-state index is 3.50. The van der Waals surface area contributed by atoms with Gasteiger partial charge in [-0.05, 0) is 40.3 Å². The molecule has 1 aliphatic rings. The number of nitrogens with zero attached hydrogens (tertiary/aromatic N) is 2. The largest absolute Gasteiger partial charge is 0.315 e. The second kappa shape index (κ2) is 7.34. The van der Waals surface area contributed by atoms with Crippen LogP contribution in [0.2, 0.25) is 0 Å². The van der Waals surface area contributed by atoms with E-state index in [2.05, 4.69) is 49.9 Å². The number of piperazine rings is 1. The molecule has 2 atom stereocenters. The summed E-state index contributed by atoms with van der Waals surface area (Å²) in [5.41, 5.74) is 0. The summed E-state index contributed by atoms with van der Waals surface area (Å²) in [5, 5.41) is 3.50. The van der Waals surface area contributed by atoms with E-state index in [-0.39, 0.29) is 0 Å². The molecule has 0 aromatic heterocycles. The molecule has 0 aromatic carbocycles. The second-order valence-electron chi connectivity index (χ2n) is 5.95. The highest BCUT2D eigenvalue weighted by molar-refractivity contribution is 4.81. The normalized spacial score (nSPS) is 25.4. The highest BCUT2D eigenvalue weighted by atomic mass is 15.3. The van der Waals surface area contributed by atoms with E-state index >= 15 is 0 Å². The van der Waals surface area contributed by atoms with Crippen molar-refractivity contribution in [2.24, 2.45) is 0 Å². The van der Waals surface area contributed by atoms with Crippen molar-refractivity contribution in [3.8, 4) is 0 Å². The highest BCUT2D eigenvalue weighted by Crippen LogP contribution is 2.15. The number of likely N-dealkylation sites (N-methyl/N-ethyl adjacent to an activating group) is 1. The first-order valence-corrected chi connectivity index (χ1v) is 7.18. The standard InChI is InChI=1S/C14H31N3/c1-12(2)15-8-6-7-13(3)17-10-9-16(5)11-14(17)4/h12-15H,6-11H2,1-5H3. The first-order valence-electron chi connectivity index (χ1n) is 7.18. The van der Waals surface area contributed by atoms with Crippen LogP contribution in [0, 0.1) is 0 Å². The lowest BCUT2D eigenvalue weighted by Crippen LogP contribution is -2.53. The van der Waals surface area contributed by atoms with Crippen LogP contribution in [0.4, 0.5) is 0 Å². The Morgan fingerprint density at radius 2 is 1.94 bits per heavy atom. The summed E-state index contributed by atoms with van der Waals surface area (Å²) in [6.07, 6.45) is 2.60. The molecule has 1 saturated heterocycles. The first kappa shape index (κ1) is 14.9. The van der Waals surface area contributed by atoms with Gasteiger partial charge in [0, 0.05) is 37.8 Å². The van der Waals surface area contributed by atoms with Gasteiger partial charge in [0.2, 0.25) is 0 Å². The van der Waals surface area contributed by atoms with Crippen molar-refractivity contribution in [2.75, 3.05) is 33.2 Å². The first-order chi connectivity index (χ1) is 8.00. The third kappa shape index (κ3) is 5.36. The van der Waals surface area contributed by atoms with Crippen molar-refractivity contribution in [3.63, 3.8) is 0 Å². The van der Waals surface area contributed by atoms with E-state index in [1.807, 2.05) is 0 Å². The van der Waals surface area contributed by atoms with Crippen LogP contribution in [0.25, 0.3) is 0 Å². The van der Waals surface area contributed by atoms with Gasteiger partial charge in [-0.1, -0.05) is 13.8 Å². The maximum absolute atomic E-state index is 3.50. The van der Waals surface area contributed by atoms with Crippen LogP contribution in [-0.2, 0) is 0 Å². The quantitative estimate of drug-likeness (QED) is 0.715. The Kier molecular flexibility index (Phi) is 6.45. The average molecular weight is 241 g/mol. The number of hydrogen-bond donors (Lipinski definition) is 1. The Labute approximate surface area is 108 Å². The van der Waals surface area contributed by atoms with E-state index in [0.717, 1.165) is 12.6 Å². The van der Waals surface area contributed by atoms with E-state index < -0.39 is 0 Å². The van der Waals surface area contributed by atoms with E-state index in [1.54, 1.807) is 0 Å². The van der Waals surface area contributed by atoms with Gasteiger partial charge in [0.05, 0.1) is 0 Å². The van der Waals surface area contributed by atoms with Crippen molar-refractivity contribution < 1.29 is 0 Å². The molecule has 3 nitrogen and oxygen atoms in total. The fraction of sp³-hybridized carbons (Fsp3) is 1.00. The molecule has 102 valence electrons. The topological polar surface area (TPSA) is 18.5 Å². The molecule has 0 spiro atoms. The minimum atomic E-state index is 0.618. The summed E-state index contributed by atoms with van der Waals surface area (Å²) >= 11 is 0. The van der Waals surface area contributed by atoms with Crippen LogP contribution in [0.3, 0.4) is 0 Å². The summed E-state index contributed by atoms with van der Waals surface area (Å²) in [4.78, 5) is 5.11. The Balaban J connectivity index is 2.20. The number of rotatable bonds is 6. The van der Waals surface area contributed by atoms with E-state index in [0.29, 0.717) is 12.1 Å². The molecule has 0 aliphatic carbocycles. The number of hydrogen-bond acceptors (Lipinski definition) is 3. The zero-order valence-electron chi connectivity index (χ0n) is 12.4. The summed E-state index contributed by atoms with van der Waals surface area (Å²) < 4.78 is 0. The average Bonchev–Trinajstić information content (AvgIpc) is 2.23. The van der Waals surface area contributed by atoms with Crippen LogP contribution < -0.4 is 5.32 Å². The van der Waals surface area contributed by atoms with Crippen LogP contribution in [-0.4, -0.2) is 61.2 Å². The summed E-state index contributed by atoms with van der Waals surface area (Å²) in [7, 11) is 2.23. The fourth-order valence-corrected chi connectivity index (χ4v) is 2.76. The lowest BCUT2D eigenvalue weighted by Gasteiger charge is -2.41. The molecule has 2 unspecified atom stereocenters. The molecule has 17 heavy (non-hydrogen) atoms. The molecule has 1 rings (SSSR count). The van der Waals surface area contributed by atoms with Crippen molar-refractivity contribution >= 4 is 0 Å². The van der Waals surface area contributed by atoms with Crippen molar-refractivity contribution in [1.82, 2.24) is 15.1 Å². The summed E-state index contributed by atoms with van der Waals surface area (Å²) in [6, 6.07) is 2.06. The predicted molar refractivity (Wildman–Crippen MR) is 75.5 cm³/mol. The summed E-state index contributed by atoms with van der Waals surface area (Å²) in [5.74, 6) is 0. The van der Waals surface area contributed by atoms with Gasteiger partial charge < -0.3 is 10.2 Å². The van der Waals surface area contributed by atoms with Gasteiger partial charge in [-0.25, -0.2) is 0 Å². The Morgan fingerprint density at radius 1 is 1.24 bits per heavy atom. The molecule has 3 heteroatoms. The maximum Gasteiger partial charge on any atom is 0.0198 e. The molecular formula is C14H31N3. The van der Waals surface area contributed by atoms with E-state index in [4.69, 9.17) is 0 Å². The van der Waals surface area contributed by atoms with Crippen molar-refractivity contribution in [3.05, 3.63) is 0 Å². The monoisotopic (exact) mass is 241 g/mol. The molecule has 1 fully saturated rings. The fourth-order valence-electron chi connectivity index (χ4n) is 2.76. The SMILES string of the molecule is CC(C)NCCCC(C)N1CCN(C)CC1C. The molecule has 0 amide bonds. The molecule has 0 bridgehead atoms. The van der Waals surface area contributed by atoms with Crippen LogP contribution in [0.5, 0.6) is 0 Å². The van der Waals surface area contributed by atoms with Gasteiger partial charge >= 0.3 is 0 Å². The smallest absolute Gasteiger partial charge is 0.0198 e. The third-order valence-corrected chi connectivity index (χ3v) is 3.80. The lowest BCUT2D eigenvalue weighted by atomic mass is 10.1. The van der Waals surface area contributed by atoms with Gasteiger partial charge in [0.1, 0.15) is 0 Å². The Morgan fingerprint density at radius 3 is 2.53 bits per heavy atom. The summed E-state index contributed by atoms with van der Waals surface area (Å²) in [6.45, 7) is 14.0. The predicted octanol–water partition coefficient (Wildman–Crippen LogP) is 1.79. The molecular weight excluding hydrogens is 210 g/mol. The minimum absolute atomic E-state index is 0.618. The van der Waals surface area contributed by atoms with Crippen LogP contribution in [0.15, 0.2) is 0 Å². The third-order valence-electron chi connectivity index (χ3n) is 3.80. The van der Waals surface area contributed by atoms with Gasteiger partial charge in [-0.2, -0.15) is 0 Å². The lowest BCUT2D eigenvalue weighted by molar-refractivity contribution is 0.0636. The van der Waals surface area contributed by atoms with Gasteiger partial charge in [-0.15, -0.1) is 0 Å². The van der Waals surface area contributed by atoms with Crippen molar-refractivity contribution in [2.45, 2.75) is 58.7 Å². The molecule has 1 aliphatic heterocycles. The Bertz CT molecular complexity index is 206.